The molecular weight excluding hydrogens is 266 g/mol. The lowest BCUT2D eigenvalue weighted by molar-refractivity contribution is -0.153. The van der Waals surface area contributed by atoms with Gasteiger partial charge in [0.15, 0.2) is 0 Å². The number of ether oxygens (including phenoxy) is 1. The Morgan fingerprint density at radius 1 is 1.38 bits per heavy atom. The van der Waals surface area contributed by atoms with Crippen LogP contribution < -0.4 is 5.73 Å². The van der Waals surface area contributed by atoms with Gasteiger partial charge in [0.1, 0.15) is 0 Å². The zero-order chi connectivity index (χ0) is 15.3. The Labute approximate surface area is 124 Å². The van der Waals surface area contributed by atoms with E-state index in [4.69, 9.17) is 10.5 Å². The van der Waals surface area contributed by atoms with Crippen LogP contribution >= 0.6 is 0 Å². The van der Waals surface area contributed by atoms with Crippen LogP contribution in [-0.4, -0.2) is 28.9 Å². The molecule has 2 aromatic rings. The Balaban J connectivity index is 2.16. The Bertz CT molecular complexity index is 595. The Hall–Kier alpha value is -2.14. The van der Waals surface area contributed by atoms with E-state index in [-0.39, 0.29) is 12.5 Å². The van der Waals surface area contributed by atoms with Gasteiger partial charge in [-0.05, 0) is 38.0 Å². The van der Waals surface area contributed by atoms with E-state index in [0.29, 0.717) is 13.0 Å². The summed E-state index contributed by atoms with van der Waals surface area (Å²) in [7, 11) is 0. The number of hydrogen-bond acceptors (Lipinski definition) is 4. The van der Waals surface area contributed by atoms with Gasteiger partial charge < -0.3 is 10.5 Å². The van der Waals surface area contributed by atoms with Crippen LogP contribution in [0.2, 0.25) is 0 Å². The van der Waals surface area contributed by atoms with Crippen molar-refractivity contribution in [3.8, 4) is 5.69 Å². The molecule has 0 bridgehead atoms. The summed E-state index contributed by atoms with van der Waals surface area (Å²) < 4.78 is 6.90. The highest BCUT2D eigenvalue weighted by atomic mass is 16.5. The van der Waals surface area contributed by atoms with E-state index in [0.717, 1.165) is 11.3 Å². The van der Waals surface area contributed by atoms with E-state index in [9.17, 15) is 4.79 Å². The van der Waals surface area contributed by atoms with E-state index in [1.165, 1.54) is 0 Å². The average molecular weight is 287 g/mol. The second-order valence-electron chi connectivity index (χ2n) is 5.29. The molecule has 0 radical (unpaired) electrons. The summed E-state index contributed by atoms with van der Waals surface area (Å²) in [5.74, 6) is -0.264. The number of nitrogens with two attached hydrogens (primary N) is 1. The maximum atomic E-state index is 12.0. The molecule has 5 nitrogen and oxygen atoms in total. The van der Waals surface area contributed by atoms with Crippen molar-refractivity contribution in [2.24, 2.45) is 11.1 Å². The largest absolute Gasteiger partial charge is 0.466 e. The van der Waals surface area contributed by atoms with Gasteiger partial charge in [-0.25, -0.2) is 4.68 Å². The Morgan fingerprint density at radius 2 is 2.10 bits per heavy atom. The summed E-state index contributed by atoms with van der Waals surface area (Å²) in [6.07, 6.45) is 4.19. The molecule has 0 aliphatic heterocycles. The molecular formula is C16H21N3O2. The summed E-state index contributed by atoms with van der Waals surface area (Å²) in [5.41, 5.74) is 6.99. The van der Waals surface area contributed by atoms with Crippen LogP contribution in [0.3, 0.4) is 0 Å². The smallest absolute Gasteiger partial charge is 0.313 e. The van der Waals surface area contributed by atoms with Gasteiger partial charge >= 0.3 is 5.97 Å². The zero-order valence-electron chi connectivity index (χ0n) is 12.5. The molecule has 1 heterocycles. The number of aromatic nitrogens is 2. The standard InChI is InChI=1S/C16H21N3O2/c1-3-21-15(20)16(2,12-17)9-13-10-18-19(11-13)14-7-5-4-6-8-14/h4-8,10-11H,3,9,12,17H2,1-2H3. The number of para-hydroxylation sites is 1. The molecule has 2 N–H and O–H groups in total. The van der Waals surface area contributed by atoms with Crippen molar-refractivity contribution in [2.75, 3.05) is 13.2 Å². The van der Waals surface area contributed by atoms with Gasteiger partial charge in [0, 0.05) is 12.7 Å². The minimum absolute atomic E-state index is 0.238. The molecule has 0 amide bonds. The lowest BCUT2D eigenvalue weighted by atomic mass is 9.84. The molecule has 0 spiro atoms. The molecule has 0 fully saturated rings. The van der Waals surface area contributed by atoms with E-state index in [1.807, 2.05) is 43.5 Å². The van der Waals surface area contributed by atoms with Gasteiger partial charge in [0.25, 0.3) is 0 Å². The van der Waals surface area contributed by atoms with Crippen molar-refractivity contribution < 1.29 is 9.53 Å². The molecule has 2 rings (SSSR count). The summed E-state index contributed by atoms with van der Waals surface area (Å²) in [4.78, 5) is 12.0. The fourth-order valence-electron chi connectivity index (χ4n) is 2.16. The van der Waals surface area contributed by atoms with Gasteiger partial charge in [-0.15, -0.1) is 0 Å². The number of nitrogens with zero attached hydrogens (tertiary/aromatic N) is 2. The maximum absolute atomic E-state index is 12.0. The first-order valence-electron chi connectivity index (χ1n) is 7.05. The van der Waals surface area contributed by atoms with Crippen LogP contribution in [0.4, 0.5) is 0 Å². The molecule has 1 unspecified atom stereocenters. The molecule has 1 atom stereocenters. The third-order valence-corrected chi connectivity index (χ3v) is 3.47. The number of esters is 1. The van der Waals surface area contributed by atoms with E-state index < -0.39 is 5.41 Å². The van der Waals surface area contributed by atoms with Crippen molar-refractivity contribution >= 4 is 5.97 Å². The highest BCUT2D eigenvalue weighted by molar-refractivity contribution is 5.77. The second-order valence-corrected chi connectivity index (χ2v) is 5.29. The molecule has 1 aromatic heterocycles. The molecule has 0 aliphatic carbocycles. The van der Waals surface area contributed by atoms with Crippen molar-refractivity contribution in [1.82, 2.24) is 9.78 Å². The molecule has 1 aromatic carbocycles. The lowest BCUT2D eigenvalue weighted by Gasteiger charge is -2.24. The number of carbonyl (C=O) groups excluding carboxylic acids is 1. The third-order valence-electron chi connectivity index (χ3n) is 3.47. The fraction of sp³-hybridized carbons (Fsp3) is 0.375. The van der Waals surface area contributed by atoms with Crippen molar-refractivity contribution in [2.45, 2.75) is 20.3 Å². The highest BCUT2D eigenvalue weighted by Gasteiger charge is 2.34. The van der Waals surface area contributed by atoms with Gasteiger partial charge in [-0.3, -0.25) is 4.79 Å². The van der Waals surface area contributed by atoms with Crippen LogP contribution in [-0.2, 0) is 16.0 Å². The number of hydrogen-bond donors (Lipinski definition) is 1. The van der Waals surface area contributed by atoms with E-state index >= 15 is 0 Å². The molecule has 112 valence electrons. The number of carbonyl (C=O) groups is 1. The first kappa shape index (κ1) is 15.3. The first-order chi connectivity index (χ1) is 10.1. The monoisotopic (exact) mass is 287 g/mol. The SMILES string of the molecule is CCOC(=O)C(C)(CN)Cc1cnn(-c2ccccc2)c1. The van der Waals surface area contributed by atoms with Crippen LogP contribution in [0.25, 0.3) is 5.69 Å². The van der Waals surface area contributed by atoms with Crippen LogP contribution in [0.15, 0.2) is 42.7 Å². The minimum atomic E-state index is -0.722. The molecule has 21 heavy (non-hydrogen) atoms. The Kier molecular flexibility index (Phi) is 4.75. The highest BCUT2D eigenvalue weighted by Crippen LogP contribution is 2.23. The molecule has 0 saturated heterocycles. The number of rotatable bonds is 6. The van der Waals surface area contributed by atoms with Gasteiger partial charge in [0.05, 0.1) is 23.9 Å². The van der Waals surface area contributed by atoms with Crippen molar-refractivity contribution in [3.63, 3.8) is 0 Å². The lowest BCUT2D eigenvalue weighted by Crippen LogP contribution is -2.39. The predicted molar refractivity (Wildman–Crippen MR) is 81.1 cm³/mol. The molecule has 5 heteroatoms. The predicted octanol–water partition coefficient (Wildman–Crippen LogP) is 1.94. The average Bonchev–Trinajstić information content (AvgIpc) is 2.96. The van der Waals surface area contributed by atoms with Crippen LogP contribution in [0, 0.1) is 5.41 Å². The van der Waals surface area contributed by atoms with Gasteiger partial charge in [-0.1, -0.05) is 18.2 Å². The summed E-state index contributed by atoms with van der Waals surface area (Å²) in [6, 6.07) is 9.83. The molecule has 0 saturated carbocycles. The fourth-order valence-corrected chi connectivity index (χ4v) is 2.16. The maximum Gasteiger partial charge on any atom is 0.313 e. The van der Waals surface area contributed by atoms with Crippen LogP contribution in [0.1, 0.15) is 19.4 Å². The van der Waals surface area contributed by atoms with Gasteiger partial charge in [0.2, 0.25) is 0 Å². The summed E-state index contributed by atoms with van der Waals surface area (Å²) >= 11 is 0. The Morgan fingerprint density at radius 3 is 2.71 bits per heavy atom. The van der Waals surface area contributed by atoms with Crippen LogP contribution in [0.5, 0.6) is 0 Å². The van der Waals surface area contributed by atoms with Crippen molar-refractivity contribution in [3.05, 3.63) is 48.3 Å². The minimum Gasteiger partial charge on any atom is -0.466 e. The summed E-state index contributed by atoms with van der Waals surface area (Å²) in [5, 5.41) is 4.33. The summed E-state index contributed by atoms with van der Waals surface area (Å²) in [6.45, 7) is 4.22. The topological polar surface area (TPSA) is 70.1 Å². The second kappa shape index (κ2) is 6.54. The third kappa shape index (κ3) is 3.49. The molecule has 0 aliphatic rings. The number of benzene rings is 1. The van der Waals surface area contributed by atoms with E-state index in [1.54, 1.807) is 17.8 Å². The normalized spacial score (nSPS) is 13.7. The van der Waals surface area contributed by atoms with Crippen molar-refractivity contribution in [1.29, 1.82) is 0 Å². The zero-order valence-corrected chi connectivity index (χ0v) is 12.5. The van der Waals surface area contributed by atoms with Gasteiger partial charge in [-0.2, -0.15) is 5.10 Å². The van der Waals surface area contributed by atoms with E-state index in [2.05, 4.69) is 5.10 Å². The first-order valence-corrected chi connectivity index (χ1v) is 7.05. The quantitative estimate of drug-likeness (QED) is 0.824.